The maximum atomic E-state index is 13.3. The maximum absolute atomic E-state index is 13.3. The zero-order valence-electron chi connectivity index (χ0n) is 19.4. The number of ether oxygens (including phenoxy) is 2. The van der Waals surface area contributed by atoms with Crippen LogP contribution in [0.3, 0.4) is 0 Å². The summed E-state index contributed by atoms with van der Waals surface area (Å²) in [7, 11) is 1.59. The van der Waals surface area contributed by atoms with E-state index in [0.717, 1.165) is 24.8 Å². The highest BCUT2D eigenvalue weighted by molar-refractivity contribution is 6.04. The molecule has 1 aliphatic carbocycles. The van der Waals surface area contributed by atoms with Gasteiger partial charge in [0, 0.05) is 16.8 Å². The van der Waals surface area contributed by atoms with Crippen LogP contribution in [0.15, 0.2) is 66.7 Å². The molecule has 174 valence electrons. The Kier molecular flexibility index (Phi) is 5.97. The maximum Gasteiger partial charge on any atom is 0.264 e. The van der Waals surface area contributed by atoms with Gasteiger partial charge >= 0.3 is 0 Å². The highest BCUT2D eigenvalue weighted by Crippen LogP contribution is 2.38. The van der Waals surface area contributed by atoms with Crippen LogP contribution in [0.2, 0.25) is 0 Å². The minimum absolute atomic E-state index is 0.0123. The lowest BCUT2D eigenvalue weighted by molar-refractivity contribution is -0.140. The third kappa shape index (κ3) is 4.23. The minimum Gasteiger partial charge on any atom is -0.497 e. The molecule has 6 heteroatoms. The SMILES string of the molecule is COc1ccc(C(=O)Nc2ccc3c(c2)CN([C@@H]2CCCc4ccccc42)C(=O)[C@H](C)O3)cc1. The molecule has 1 heterocycles. The Hall–Kier alpha value is -3.80. The average molecular weight is 457 g/mol. The van der Waals surface area contributed by atoms with Gasteiger partial charge in [-0.1, -0.05) is 24.3 Å². The first kappa shape index (κ1) is 22.0. The molecule has 34 heavy (non-hydrogen) atoms. The van der Waals surface area contributed by atoms with Gasteiger partial charge in [-0.15, -0.1) is 0 Å². The van der Waals surface area contributed by atoms with Crippen LogP contribution in [-0.4, -0.2) is 29.9 Å². The van der Waals surface area contributed by atoms with Gasteiger partial charge in [0.25, 0.3) is 11.8 Å². The Balaban J connectivity index is 1.42. The van der Waals surface area contributed by atoms with E-state index in [1.165, 1.54) is 11.1 Å². The minimum atomic E-state index is -0.574. The van der Waals surface area contributed by atoms with Crippen molar-refractivity contribution in [3.63, 3.8) is 0 Å². The molecule has 2 aliphatic rings. The third-order valence-corrected chi connectivity index (χ3v) is 6.66. The molecule has 0 spiro atoms. The Labute approximate surface area is 199 Å². The molecule has 0 bridgehead atoms. The van der Waals surface area contributed by atoms with Gasteiger partial charge in [0.15, 0.2) is 6.10 Å². The van der Waals surface area contributed by atoms with Crippen LogP contribution in [0.1, 0.15) is 52.9 Å². The van der Waals surface area contributed by atoms with E-state index in [0.29, 0.717) is 29.3 Å². The van der Waals surface area contributed by atoms with Crippen LogP contribution < -0.4 is 14.8 Å². The largest absolute Gasteiger partial charge is 0.497 e. The van der Waals surface area contributed by atoms with Gasteiger partial charge in [-0.2, -0.15) is 0 Å². The summed E-state index contributed by atoms with van der Waals surface area (Å²) in [5.74, 6) is 1.15. The van der Waals surface area contributed by atoms with E-state index in [4.69, 9.17) is 9.47 Å². The van der Waals surface area contributed by atoms with E-state index in [9.17, 15) is 9.59 Å². The highest BCUT2D eigenvalue weighted by atomic mass is 16.5. The van der Waals surface area contributed by atoms with Gasteiger partial charge in [-0.3, -0.25) is 9.59 Å². The first-order chi connectivity index (χ1) is 16.5. The molecule has 2 atom stereocenters. The zero-order chi connectivity index (χ0) is 23.7. The fraction of sp³-hybridized carbons (Fsp3) is 0.286. The van der Waals surface area contributed by atoms with Crippen LogP contribution in [0.5, 0.6) is 11.5 Å². The molecule has 2 amide bonds. The normalized spacial score (nSPS) is 19.4. The number of aryl methyl sites for hydroxylation is 1. The quantitative estimate of drug-likeness (QED) is 0.591. The molecule has 0 saturated heterocycles. The average Bonchev–Trinajstić information content (AvgIpc) is 2.99. The molecule has 1 aliphatic heterocycles. The van der Waals surface area contributed by atoms with Gasteiger partial charge in [-0.05, 0) is 79.8 Å². The second-order valence-electron chi connectivity index (χ2n) is 8.84. The van der Waals surface area contributed by atoms with Crippen LogP contribution in [-0.2, 0) is 17.8 Å². The topological polar surface area (TPSA) is 67.9 Å². The van der Waals surface area contributed by atoms with Crippen LogP contribution in [0.25, 0.3) is 0 Å². The van der Waals surface area contributed by atoms with Crippen molar-refractivity contribution < 1.29 is 19.1 Å². The van der Waals surface area contributed by atoms with Gasteiger partial charge in [-0.25, -0.2) is 0 Å². The number of nitrogens with one attached hydrogen (secondary N) is 1. The summed E-state index contributed by atoms with van der Waals surface area (Å²) in [6.45, 7) is 2.24. The summed E-state index contributed by atoms with van der Waals surface area (Å²) in [4.78, 5) is 28.0. The molecule has 6 nitrogen and oxygen atoms in total. The lowest BCUT2D eigenvalue weighted by atomic mass is 9.86. The van der Waals surface area contributed by atoms with Crippen molar-refractivity contribution in [2.45, 2.75) is 44.9 Å². The number of hydrogen-bond donors (Lipinski definition) is 1. The molecule has 0 saturated carbocycles. The highest BCUT2D eigenvalue weighted by Gasteiger charge is 2.35. The lowest BCUT2D eigenvalue weighted by Gasteiger charge is -2.35. The number of amides is 2. The number of carbonyl (C=O) groups excluding carboxylic acids is 2. The molecular formula is C28H28N2O4. The molecule has 0 radical (unpaired) electrons. The molecule has 0 fully saturated rings. The summed E-state index contributed by atoms with van der Waals surface area (Å²) in [5, 5.41) is 2.96. The summed E-state index contributed by atoms with van der Waals surface area (Å²) in [5.41, 5.74) is 4.62. The van der Waals surface area contributed by atoms with Crippen molar-refractivity contribution in [2.75, 3.05) is 12.4 Å². The van der Waals surface area contributed by atoms with Crippen molar-refractivity contribution in [3.05, 3.63) is 89.0 Å². The Morgan fingerprint density at radius 2 is 1.85 bits per heavy atom. The monoisotopic (exact) mass is 456 g/mol. The van der Waals surface area contributed by atoms with E-state index in [1.54, 1.807) is 38.3 Å². The first-order valence-corrected chi connectivity index (χ1v) is 11.7. The van der Waals surface area contributed by atoms with Crippen LogP contribution >= 0.6 is 0 Å². The fourth-order valence-corrected chi connectivity index (χ4v) is 4.89. The van der Waals surface area contributed by atoms with E-state index in [1.807, 2.05) is 29.2 Å². The smallest absolute Gasteiger partial charge is 0.264 e. The van der Waals surface area contributed by atoms with Crippen molar-refractivity contribution in [1.29, 1.82) is 0 Å². The number of nitrogens with zero attached hydrogens (tertiary/aromatic N) is 1. The number of benzene rings is 3. The molecule has 0 unspecified atom stereocenters. The summed E-state index contributed by atoms with van der Waals surface area (Å²) >= 11 is 0. The predicted octanol–water partition coefficient (Wildman–Crippen LogP) is 5.13. The van der Waals surface area contributed by atoms with Crippen molar-refractivity contribution in [3.8, 4) is 11.5 Å². The molecule has 3 aromatic rings. The number of carbonyl (C=O) groups is 2. The summed E-state index contributed by atoms with van der Waals surface area (Å²) in [6.07, 6.45) is 2.44. The van der Waals surface area contributed by atoms with Crippen molar-refractivity contribution in [1.82, 2.24) is 4.90 Å². The number of methoxy groups -OCH3 is 1. The number of hydrogen-bond acceptors (Lipinski definition) is 4. The number of rotatable bonds is 4. The lowest BCUT2D eigenvalue weighted by Crippen LogP contribution is -2.41. The molecule has 0 aromatic heterocycles. The van der Waals surface area contributed by atoms with Gasteiger partial charge in [0.1, 0.15) is 11.5 Å². The van der Waals surface area contributed by atoms with Crippen LogP contribution in [0, 0.1) is 0 Å². The first-order valence-electron chi connectivity index (χ1n) is 11.7. The van der Waals surface area contributed by atoms with Gasteiger partial charge in [0.2, 0.25) is 0 Å². The van der Waals surface area contributed by atoms with E-state index < -0.39 is 6.10 Å². The molecule has 1 N–H and O–H groups in total. The van der Waals surface area contributed by atoms with E-state index in [-0.39, 0.29) is 17.9 Å². The third-order valence-electron chi connectivity index (χ3n) is 6.66. The van der Waals surface area contributed by atoms with Crippen molar-refractivity contribution >= 4 is 17.5 Å². The second-order valence-corrected chi connectivity index (χ2v) is 8.84. The fourth-order valence-electron chi connectivity index (χ4n) is 4.89. The molecular weight excluding hydrogens is 428 g/mol. The van der Waals surface area contributed by atoms with Gasteiger partial charge < -0.3 is 19.7 Å². The van der Waals surface area contributed by atoms with Gasteiger partial charge in [0.05, 0.1) is 19.7 Å². The summed E-state index contributed by atoms with van der Waals surface area (Å²) < 4.78 is 11.2. The molecule has 3 aromatic carbocycles. The summed E-state index contributed by atoms with van der Waals surface area (Å²) in [6, 6.07) is 20.9. The standard InChI is InChI=1S/C28H28N2O4/c1-18-28(32)30(25-9-5-7-19-6-3-4-8-24(19)25)17-21-16-22(12-15-26(21)34-18)29-27(31)20-10-13-23(33-2)14-11-20/h3-4,6,8,10-16,18,25H,5,7,9,17H2,1-2H3,(H,29,31)/t18-,25+/m0/s1. The predicted molar refractivity (Wildman–Crippen MR) is 130 cm³/mol. The molecule has 5 rings (SSSR count). The number of fused-ring (bicyclic) bond motifs is 2. The Morgan fingerprint density at radius 3 is 2.65 bits per heavy atom. The van der Waals surface area contributed by atoms with Crippen molar-refractivity contribution in [2.24, 2.45) is 0 Å². The Bertz CT molecular complexity index is 1220. The zero-order valence-corrected chi connectivity index (χ0v) is 19.4. The second kappa shape index (κ2) is 9.21. The Morgan fingerprint density at radius 1 is 1.06 bits per heavy atom. The van der Waals surface area contributed by atoms with E-state index >= 15 is 0 Å². The van der Waals surface area contributed by atoms with E-state index in [2.05, 4.69) is 23.5 Å². The number of anilines is 1. The van der Waals surface area contributed by atoms with Crippen LogP contribution in [0.4, 0.5) is 5.69 Å².